The summed E-state index contributed by atoms with van der Waals surface area (Å²) >= 11 is 0. The number of ether oxygens (including phenoxy) is 2. The van der Waals surface area contributed by atoms with Crippen molar-refractivity contribution >= 4 is 0 Å². The zero-order chi connectivity index (χ0) is 12.0. The van der Waals surface area contributed by atoms with Crippen molar-refractivity contribution in [3.63, 3.8) is 0 Å². The van der Waals surface area contributed by atoms with Gasteiger partial charge < -0.3 is 9.47 Å². The van der Waals surface area contributed by atoms with E-state index in [0.717, 1.165) is 11.5 Å². The van der Waals surface area contributed by atoms with E-state index < -0.39 is 5.60 Å². The fourth-order valence-corrected chi connectivity index (χ4v) is 1.32. The summed E-state index contributed by atoms with van der Waals surface area (Å²) in [4.78, 5) is 0. The van der Waals surface area contributed by atoms with E-state index in [-0.39, 0.29) is 0 Å². The van der Waals surface area contributed by atoms with Gasteiger partial charge in [-0.1, -0.05) is 0 Å². The van der Waals surface area contributed by atoms with E-state index in [9.17, 15) is 0 Å². The first-order valence-electron chi connectivity index (χ1n) is 5.36. The molecule has 0 aliphatic carbocycles. The molecule has 0 amide bonds. The third-order valence-electron chi connectivity index (χ3n) is 2.03. The Hall–Kier alpha value is -1.69. The van der Waals surface area contributed by atoms with Gasteiger partial charge in [-0.3, -0.25) is 0 Å². The first kappa shape index (κ1) is 12.4. The van der Waals surface area contributed by atoms with Crippen LogP contribution in [0.3, 0.4) is 0 Å². The number of benzene rings is 1. The van der Waals surface area contributed by atoms with E-state index in [2.05, 4.69) is 6.07 Å². The van der Waals surface area contributed by atoms with E-state index in [1.54, 1.807) is 0 Å². The summed E-state index contributed by atoms with van der Waals surface area (Å²) < 4.78 is 11.0. The molecule has 0 radical (unpaired) electrons. The highest BCUT2D eigenvalue weighted by atomic mass is 16.5. The molecule has 0 spiro atoms. The van der Waals surface area contributed by atoms with Gasteiger partial charge in [0.15, 0.2) is 0 Å². The minimum atomic E-state index is -0.456. The average Bonchev–Trinajstić information content (AvgIpc) is 2.21. The Bertz CT molecular complexity index is 363. The molecule has 86 valence electrons. The normalized spacial score (nSPS) is 10.6. The van der Waals surface area contributed by atoms with Gasteiger partial charge in [0.1, 0.15) is 17.1 Å². The number of rotatable bonds is 5. The molecule has 0 saturated carbocycles. The molecule has 0 heterocycles. The van der Waals surface area contributed by atoms with Gasteiger partial charge in [-0.2, -0.15) is 5.26 Å². The minimum absolute atomic E-state index is 0.361. The third kappa shape index (κ3) is 3.82. The van der Waals surface area contributed by atoms with Crippen molar-refractivity contribution in [1.82, 2.24) is 0 Å². The molecule has 0 aromatic heterocycles. The number of nitriles is 1. The zero-order valence-corrected chi connectivity index (χ0v) is 9.99. The highest BCUT2D eigenvalue weighted by Gasteiger charge is 2.19. The van der Waals surface area contributed by atoms with Crippen molar-refractivity contribution in [1.29, 1.82) is 5.26 Å². The summed E-state index contributed by atoms with van der Waals surface area (Å²) in [7, 11) is 0. The molecule has 1 aromatic rings. The molecule has 3 nitrogen and oxygen atoms in total. The smallest absolute Gasteiger partial charge is 0.120 e. The van der Waals surface area contributed by atoms with Crippen LogP contribution in [0.4, 0.5) is 0 Å². The molecular formula is C13H17NO2. The Morgan fingerprint density at radius 3 is 2.25 bits per heavy atom. The molecule has 1 aromatic carbocycles. The molecule has 0 fully saturated rings. The highest BCUT2D eigenvalue weighted by Crippen LogP contribution is 2.23. The average molecular weight is 219 g/mol. The van der Waals surface area contributed by atoms with E-state index in [1.807, 2.05) is 45.0 Å². The van der Waals surface area contributed by atoms with Gasteiger partial charge in [0.25, 0.3) is 0 Å². The largest absolute Gasteiger partial charge is 0.494 e. The fourth-order valence-electron chi connectivity index (χ4n) is 1.32. The molecule has 1 rings (SSSR count). The third-order valence-corrected chi connectivity index (χ3v) is 2.03. The van der Waals surface area contributed by atoms with Gasteiger partial charge in [0, 0.05) is 0 Å². The second kappa shape index (κ2) is 5.41. The van der Waals surface area contributed by atoms with Crippen LogP contribution in [0.2, 0.25) is 0 Å². The van der Waals surface area contributed by atoms with Crippen LogP contribution in [0.15, 0.2) is 24.3 Å². The molecule has 0 aliphatic heterocycles. The second-order valence-corrected chi connectivity index (χ2v) is 4.10. The van der Waals surface area contributed by atoms with Crippen LogP contribution in [0, 0.1) is 11.3 Å². The van der Waals surface area contributed by atoms with Crippen molar-refractivity contribution < 1.29 is 9.47 Å². The Balaban J connectivity index is 2.65. The first-order valence-corrected chi connectivity index (χ1v) is 5.36. The molecule has 3 heteroatoms. The summed E-state index contributed by atoms with van der Waals surface area (Å²) in [6, 6.07) is 9.54. The molecule has 0 N–H and O–H groups in total. The predicted octanol–water partition coefficient (Wildman–Crippen LogP) is 3.16. The van der Waals surface area contributed by atoms with Gasteiger partial charge in [-0.25, -0.2) is 0 Å². The van der Waals surface area contributed by atoms with Crippen LogP contribution in [-0.4, -0.2) is 12.2 Å². The zero-order valence-electron chi connectivity index (χ0n) is 9.99. The summed E-state index contributed by atoms with van der Waals surface area (Å²) in [6.07, 6.45) is 0.361. The van der Waals surface area contributed by atoms with Gasteiger partial charge in [-0.15, -0.1) is 0 Å². The van der Waals surface area contributed by atoms with Crippen LogP contribution in [0.1, 0.15) is 27.2 Å². The lowest BCUT2D eigenvalue weighted by Crippen LogP contribution is -2.27. The number of hydrogen-bond donors (Lipinski definition) is 0. The number of hydrogen-bond acceptors (Lipinski definition) is 3. The Labute approximate surface area is 96.6 Å². The van der Waals surface area contributed by atoms with Crippen molar-refractivity contribution in [2.24, 2.45) is 0 Å². The van der Waals surface area contributed by atoms with Gasteiger partial charge in [0.05, 0.1) is 19.1 Å². The molecule has 0 atom stereocenters. The van der Waals surface area contributed by atoms with Crippen molar-refractivity contribution in [2.75, 3.05) is 6.61 Å². The first-order chi connectivity index (χ1) is 7.57. The lowest BCUT2D eigenvalue weighted by atomic mass is 10.1. The summed E-state index contributed by atoms with van der Waals surface area (Å²) in [5.74, 6) is 1.58. The van der Waals surface area contributed by atoms with Gasteiger partial charge >= 0.3 is 0 Å². The molecule has 0 saturated heterocycles. The lowest BCUT2D eigenvalue weighted by Gasteiger charge is -2.23. The maximum absolute atomic E-state index is 8.64. The SMILES string of the molecule is CCOc1ccc(OC(C)(C)CC#N)cc1. The van der Waals surface area contributed by atoms with Gasteiger partial charge in [-0.05, 0) is 45.0 Å². The maximum Gasteiger partial charge on any atom is 0.120 e. The monoisotopic (exact) mass is 219 g/mol. The van der Waals surface area contributed by atoms with E-state index in [0.29, 0.717) is 13.0 Å². The second-order valence-electron chi connectivity index (χ2n) is 4.10. The van der Waals surface area contributed by atoms with Crippen molar-refractivity contribution in [3.8, 4) is 17.6 Å². The molecule has 0 aliphatic rings. The molecule has 0 bridgehead atoms. The number of nitrogens with zero attached hydrogens (tertiary/aromatic N) is 1. The van der Waals surface area contributed by atoms with Crippen LogP contribution in [0.5, 0.6) is 11.5 Å². The predicted molar refractivity (Wildman–Crippen MR) is 62.5 cm³/mol. The summed E-state index contributed by atoms with van der Waals surface area (Å²) in [5, 5.41) is 8.64. The minimum Gasteiger partial charge on any atom is -0.494 e. The standard InChI is InChI=1S/C13H17NO2/c1-4-15-11-5-7-12(8-6-11)16-13(2,3)9-10-14/h5-8H,4,9H2,1-3H3. The molecule has 16 heavy (non-hydrogen) atoms. The van der Waals surface area contributed by atoms with E-state index in [1.165, 1.54) is 0 Å². The fraction of sp³-hybridized carbons (Fsp3) is 0.462. The van der Waals surface area contributed by atoms with Crippen molar-refractivity contribution in [3.05, 3.63) is 24.3 Å². The van der Waals surface area contributed by atoms with Crippen LogP contribution in [-0.2, 0) is 0 Å². The van der Waals surface area contributed by atoms with E-state index in [4.69, 9.17) is 14.7 Å². The summed E-state index contributed by atoms with van der Waals surface area (Å²) in [5.41, 5.74) is -0.456. The molecular weight excluding hydrogens is 202 g/mol. The van der Waals surface area contributed by atoms with Crippen LogP contribution in [0.25, 0.3) is 0 Å². The highest BCUT2D eigenvalue weighted by molar-refractivity contribution is 5.31. The molecule has 0 unspecified atom stereocenters. The Kier molecular flexibility index (Phi) is 4.19. The van der Waals surface area contributed by atoms with Crippen LogP contribution >= 0.6 is 0 Å². The van der Waals surface area contributed by atoms with Crippen LogP contribution < -0.4 is 9.47 Å². The van der Waals surface area contributed by atoms with E-state index >= 15 is 0 Å². The topological polar surface area (TPSA) is 42.2 Å². The van der Waals surface area contributed by atoms with Gasteiger partial charge in [0.2, 0.25) is 0 Å². The maximum atomic E-state index is 8.64. The van der Waals surface area contributed by atoms with Crippen molar-refractivity contribution in [2.45, 2.75) is 32.8 Å². The Morgan fingerprint density at radius 2 is 1.75 bits per heavy atom. The Morgan fingerprint density at radius 1 is 1.19 bits per heavy atom. The quantitative estimate of drug-likeness (QED) is 0.764. The summed E-state index contributed by atoms with van der Waals surface area (Å²) in [6.45, 7) is 6.39. The lowest BCUT2D eigenvalue weighted by molar-refractivity contribution is 0.115.